The Bertz CT molecular complexity index is 1970. The fourth-order valence-electron chi connectivity index (χ4n) is 6.49. The van der Waals surface area contributed by atoms with Crippen LogP contribution in [-0.2, 0) is 18.9 Å². The van der Waals surface area contributed by atoms with Gasteiger partial charge in [-0.05, 0) is 36.6 Å². The number of ether oxygens (including phenoxy) is 4. The molecule has 1 aliphatic carbocycles. The Labute approximate surface area is 263 Å². The van der Waals surface area contributed by atoms with Gasteiger partial charge in [-0.1, -0.05) is 37.2 Å². The molecule has 0 saturated heterocycles. The summed E-state index contributed by atoms with van der Waals surface area (Å²) in [4.78, 5) is 56.1. The van der Waals surface area contributed by atoms with Crippen LogP contribution >= 0.6 is 11.6 Å². The molecule has 11 nitrogen and oxygen atoms in total. The molecule has 3 aliphatic rings. The predicted molar refractivity (Wildman–Crippen MR) is 167 cm³/mol. The van der Waals surface area contributed by atoms with Gasteiger partial charge in [-0.15, -0.1) is 0 Å². The maximum atomic E-state index is 15.0. The molecule has 6 rings (SSSR count). The normalized spacial score (nSPS) is 21.5. The van der Waals surface area contributed by atoms with Crippen LogP contribution in [0.2, 0.25) is 5.02 Å². The van der Waals surface area contributed by atoms with E-state index in [-0.39, 0.29) is 51.2 Å². The zero-order valence-corrected chi connectivity index (χ0v) is 26.5. The summed E-state index contributed by atoms with van der Waals surface area (Å²) in [6.45, 7) is 7.77. The number of fused-ring (bicyclic) bond motifs is 2. The molecule has 12 heteroatoms. The van der Waals surface area contributed by atoms with Crippen LogP contribution in [-0.4, -0.2) is 47.1 Å². The van der Waals surface area contributed by atoms with Crippen LogP contribution in [0.15, 0.2) is 63.3 Å². The number of ketones is 2. The number of aromatic nitrogens is 2. The van der Waals surface area contributed by atoms with Crippen LogP contribution in [0.4, 0.5) is 5.82 Å². The molecule has 2 aliphatic heterocycles. The first-order chi connectivity index (χ1) is 21.4. The Morgan fingerprint density at radius 2 is 1.73 bits per heavy atom. The highest BCUT2D eigenvalue weighted by Gasteiger charge is 2.63. The first kappa shape index (κ1) is 30.3. The number of halogens is 1. The molecular formula is C33H32ClN3O8. The molecular weight excluding hydrogens is 602 g/mol. The van der Waals surface area contributed by atoms with Crippen molar-refractivity contribution >= 4 is 29.0 Å². The van der Waals surface area contributed by atoms with E-state index in [0.29, 0.717) is 23.6 Å². The number of carbonyl (C=O) groups is 2. The minimum absolute atomic E-state index is 0.000148. The molecule has 0 bridgehead atoms. The summed E-state index contributed by atoms with van der Waals surface area (Å²) in [7, 11) is 5.76. The molecule has 0 unspecified atom stereocenters. The minimum atomic E-state index is -1.99. The lowest BCUT2D eigenvalue weighted by Crippen LogP contribution is -2.58. The maximum Gasteiger partial charge on any atom is 0.332 e. The van der Waals surface area contributed by atoms with Gasteiger partial charge in [-0.3, -0.25) is 23.5 Å². The van der Waals surface area contributed by atoms with Gasteiger partial charge in [-0.2, -0.15) is 0 Å². The molecule has 0 fully saturated rings. The number of benzene rings is 2. The van der Waals surface area contributed by atoms with E-state index in [0.717, 1.165) is 10.1 Å². The summed E-state index contributed by atoms with van der Waals surface area (Å²) in [6.07, 6.45) is 0.191. The van der Waals surface area contributed by atoms with Crippen molar-refractivity contribution in [2.45, 2.75) is 31.8 Å². The molecule has 3 atom stereocenters. The number of methoxy groups -OCH3 is 2. The molecule has 1 aromatic heterocycles. The van der Waals surface area contributed by atoms with E-state index >= 15 is 0 Å². The monoisotopic (exact) mass is 633 g/mol. The second kappa shape index (κ2) is 10.7. The van der Waals surface area contributed by atoms with Gasteiger partial charge in [0.05, 0.1) is 19.8 Å². The molecule has 1 spiro atoms. The maximum absolute atomic E-state index is 15.0. The van der Waals surface area contributed by atoms with Crippen LogP contribution in [0.25, 0.3) is 0 Å². The number of hydrogen-bond acceptors (Lipinski definition) is 9. The third-order valence-electron chi connectivity index (χ3n) is 8.77. The van der Waals surface area contributed by atoms with Gasteiger partial charge in [0.25, 0.3) is 5.56 Å². The summed E-state index contributed by atoms with van der Waals surface area (Å²) in [6, 6.07) is 8.48. The topological polar surface area (TPSA) is 127 Å². The van der Waals surface area contributed by atoms with E-state index in [2.05, 4.69) is 11.9 Å². The third-order valence-corrected chi connectivity index (χ3v) is 9.13. The van der Waals surface area contributed by atoms with Gasteiger partial charge in [0, 0.05) is 43.3 Å². The lowest BCUT2D eigenvalue weighted by atomic mass is 9.66. The van der Waals surface area contributed by atoms with Crippen molar-refractivity contribution in [2.75, 3.05) is 26.1 Å². The van der Waals surface area contributed by atoms with Crippen LogP contribution < -0.4 is 35.5 Å². The number of Topliss-reactive ketones (excluding diaryl/α,β-unsaturated/α-hetero) is 2. The molecule has 0 radical (unpaired) electrons. The zero-order valence-electron chi connectivity index (χ0n) is 25.7. The molecule has 0 amide bonds. The third kappa shape index (κ3) is 4.24. The smallest absolute Gasteiger partial charge is 0.332 e. The number of nitrogens with one attached hydrogen (secondary N) is 1. The van der Waals surface area contributed by atoms with Crippen LogP contribution in [0, 0.1) is 5.92 Å². The molecule has 234 valence electrons. The Morgan fingerprint density at radius 1 is 1.07 bits per heavy atom. The van der Waals surface area contributed by atoms with Gasteiger partial charge in [0.15, 0.2) is 5.75 Å². The molecule has 45 heavy (non-hydrogen) atoms. The van der Waals surface area contributed by atoms with E-state index in [1.807, 2.05) is 6.92 Å². The Balaban J connectivity index is 1.56. The second-order valence-electron chi connectivity index (χ2n) is 11.6. The first-order valence-corrected chi connectivity index (χ1v) is 14.6. The highest BCUT2D eigenvalue weighted by atomic mass is 35.5. The number of carbonyl (C=O) groups excluding carboxylic acids is 2. The number of allylic oxidation sites excluding steroid dienone is 1. The lowest BCUT2D eigenvalue weighted by molar-refractivity contribution is -0.130. The molecule has 3 aromatic rings. The molecule has 3 heterocycles. The van der Waals surface area contributed by atoms with Crippen LogP contribution in [0.3, 0.4) is 0 Å². The predicted octanol–water partition coefficient (Wildman–Crippen LogP) is 4.14. The molecule has 0 saturated carbocycles. The quantitative estimate of drug-likeness (QED) is 0.315. The van der Waals surface area contributed by atoms with Gasteiger partial charge >= 0.3 is 5.69 Å². The van der Waals surface area contributed by atoms with Gasteiger partial charge in [-0.25, -0.2) is 4.79 Å². The summed E-state index contributed by atoms with van der Waals surface area (Å²) in [5, 5.41) is 3.25. The second-order valence-corrected chi connectivity index (χ2v) is 12.0. The Kier molecular flexibility index (Phi) is 7.19. The van der Waals surface area contributed by atoms with Crippen molar-refractivity contribution in [3.05, 3.63) is 96.3 Å². The fourth-order valence-corrected chi connectivity index (χ4v) is 6.75. The van der Waals surface area contributed by atoms with E-state index in [4.69, 9.17) is 30.5 Å². The van der Waals surface area contributed by atoms with Gasteiger partial charge in [0.1, 0.15) is 40.3 Å². The summed E-state index contributed by atoms with van der Waals surface area (Å²) in [5.74, 6) is -1.60. The number of nitrogens with zero attached hydrogens (tertiary/aromatic N) is 2. The average Bonchev–Trinajstić information content (AvgIpc) is 3.34. The Morgan fingerprint density at radius 3 is 2.36 bits per heavy atom. The van der Waals surface area contributed by atoms with Crippen LogP contribution in [0.5, 0.6) is 23.0 Å². The number of anilines is 1. The van der Waals surface area contributed by atoms with Crippen molar-refractivity contribution in [1.29, 1.82) is 0 Å². The summed E-state index contributed by atoms with van der Waals surface area (Å²) < 4.78 is 25.4. The van der Waals surface area contributed by atoms with Crippen molar-refractivity contribution in [1.82, 2.24) is 9.13 Å². The van der Waals surface area contributed by atoms with E-state index in [1.165, 1.54) is 31.9 Å². The summed E-state index contributed by atoms with van der Waals surface area (Å²) in [5.41, 5.74) is -0.742. The van der Waals surface area contributed by atoms with Gasteiger partial charge in [0.2, 0.25) is 17.2 Å². The highest BCUT2D eigenvalue weighted by molar-refractivity contribution is 6.36. The molecule has 2 aromatic carbocycles. The number of hydrogen-bond donors (Lipinski definition) is 1. The highest BCUT2D eigenvalue weighted by Crippen LogP contribution is 2.56. The molecule has 1 N–H and O–H groups in total. The number of rotatable bonds is 6. The fraction of sp³-hybridized carbons (Fsp3) is 0.333. The van der Waals surface area contributed by atoms with Crippen molar-refractivity contribution in [3.8, 4) is 23.0 Å². The largest absolute Gasteiger partial charge is 0.496 e. The zero-order chi connectivity index (χ0) is 32.5. The van der Waals surface area contributed by atoms with Crippen molar-refractivity contribution < 1.29 is 28.5 Å². The minimum Gasteiger partial charge on any atom is -0.496 e. The lowest BCUT2D eigenvalue weighted by Gasteiger charge is -2.42. The SMILES string of the molecule is C=C(C)COc1ccc([C@H]2C3=C(C[C@@H](C)[C@]4(Oc5c(Cl)c(OC)cc(OC)c5C4=O)C3=O)Nc3c2c(=O)n(C)c(=O)n3C)cc1. The van der Waals surface area contributed by atoms with E-state index < -0.39 is 40.3 Å². The van der Waals surface area contributed by atoms with Gasteiger partial charge < -0.3 is 24.3 Å². The van der Waals surface area contributed by atoms with E-state index in [1.54, 1.807) is 38.2 Å². The first-order valence-electron chi connectivity index (χ1n) is 14.3. The average molecular weight is 634 g/mol. The van der Waals surface area contributed by atoms with E-state index in [9.17, 15) is 19.2 Å². The van der Waals surface area contributed by atoms with Crippen molar-refractivity contribution in [3.63, 3.8) is 0 Å². The van der Waals surface area contributed by atoms with Crippen LogP contribution in [0.1, 0.15) is 47.7 Å². The standard InChI is InChI=1S/C33H32ClN3O8/c1-15(2)14-44-18-10-8-17(9-11-18)22-23-19(35-30-25(22)31(40)37(5)32(41)36(30)4)12-16(3)33(28(23)38)29(39)24-20(42-6)13-21(43-7)26(34)27(24)45-33/h8-11,13,16,22,35H,1,12,14H2,2-7H3/t16-,22+,33+/m1/s1. The van der Waals surface area contributed by atoms with Crippen molar-refractivity contribution in [2.24, 2.45) is 20.0 Å². The Hall–Kier alpha value is -4.77. The summed E-state index contributed by atoms with van der Waals surface area (Å²) >= 11 is 6.62.